The van der Waals surface area contributed by atoms with E-state index >= 15 is 0 Å². The lowest BCUT2D eigenvalue weighted by Crippen LogP contribution is -2.39. The number of methoxy groups -OCH3 is 1. The van der Waals surface area contributed by atoms with E-state index in [2.05, 4.69) is 27.4 Å². The van der Waals surface area contributed by atoms with Gasteiger partial charge in [0.1, 0.15) is 23.7 Å². The van der Waals surface area contributed by atoms with E-state index < -0.39 is 22.4 Å². The van der Waals surface area contributed by atoms with Gasteiger partial charge in [-0.05, 0) is 50.9 Å². The third-order valence-corrected chi connectivity index (χ3v) is 7.75. The highest BCUT2D eigenvalue weighted by molar-refractivity contribution is 5.97. The molecule has 1 aromatic heterocycles. The predicted molar refractivity (Wildman–Crippen MR) is 220 cm³/mol. The first-order chi connectivity index (χ1) is 27.2. The third kappa shape index (κ3) is 13.4. The number of nitrogens with two attached hydrogens (primary N) is 5. The number of aliphatic imine (C=N–C) groups is 1. The Hall–Kier alpha value is -6.93. The number of aryl methyl sites for hydroxylation is 2. The van der Waals surface area contributed by atoms with Crippen LogP contribution in [0.3, 0.4) is 0 Å². The summed E-state index contributed by atoms with van der Waals surface area (Å²) in [6.45, 7) is 12.3. The lowest BCUT2D eigenvalue weighted by atomic mass is 10.1. The van der Waals surface area contributed by atoms with Gasteiger partial charge < -0.3 is 53.0 Å². The van der Waals surface area contributed by atoms with Crippen LogP contribution in [0.2, 0.25) is 0 Å². The molecular formula is C37H53N13O7. The van der Waals surface area contributed by atoms with Gasteiger partial charge in [-0.1, -0.05) is 32.1 Å². The third-order valence-electron chi connectivity index (χ3n) is 7.75. The highest BCUT2D eigenvalue weighted by Gasteiger charge is 2.23. The molecule has 3 rings (SSSR count). The molecule has 0 fully saturated rings. The largest absolute Gasteiger partial charge is 0.494 e. The minimum absolute atomic E-state index is 0.000885. The molecule has 0 spiro atoms. The SMILES string of the molecule is C=Nc1cc(C(N)=O)cc(OC)c1N(C/C=C/CNc1c(OC/C=C/CN(N)/C=C(\N)CN)cc(C(N)=O)cc1[N+](=O)[O-])CNC(=O)c1cc(C)nn1CC.CC. The van der Waals surface area contributed by atoms with E-state index in [1.165, 1.54) is 36.5 Å². The van der Waals surface area contributed by atoms with E-state index in [4.69, 9.17) is 38.3 Å². The summed E-state index contributed by atoms with van der Waals surface area (Å²) < 4.78 is 13.0. The summed E-state index contributed by atoms with van der Waals surface area (Å²) in [7, 11) is 1.41. The van der Waals surface area contributed by atoms with Gasteiger partial charge in [-0.2, -0.15) is 5.10 Å². The number of hydrogen-bond donors (Lipinski definition) is 7. The quantitative estimate of drug-likeness (QED) is 0.0192. The van der Waals surface area contributed by atoms with Crippen molar-refractivity contribution in [3.63, 3.8) is 0 Å². The number of hydrogen-bond acceptors (Lipinski definition) is 15. The predicted octanol–water partition coefficient (Wildman–Crippen LogP) is 2.42. The standard InChI is InChI=1S/C35H47N13O7.C2H6/c1-5-47-28(14-22(2)44-47)35(51)43-21-45(32-26(41-3)15-23(33(38)49)18-30(32)54-4)11-7-6-10-42-31-27(48(52)53)16-24(34(39)50)17-29(31)55-13-9-8-12-46(40)20-25(37)19-36;1-2/h6-9,14-18,20,42H,3,5,10-13,19,21,36-37,40H2,1-2,4H3,(H2,38,49)(H2,39,50)(H,43,51);1-2H3/b7-6+,9-8+,25-20-;. The van der Waals surface area contributed by atoms with Crippen molar-refractivity contribution >= 4 is 47.2 Å². The Morgan fingerprint density at radius 1 is 1.02 bits per heavy atom. The molecule has 0 aliphatic rings. The number of benzene rings is 2. The number of hydrazine groups is 1. The van der Waals surface area contributed by atoms with Gasteiger partial charge in [0.25, 0.3) is 11.6 Å². The minimum Gasteiger partial charge on any atom is -0.494 e. The van der Waals surface area contributed by atoms with Crippen LogP contribution in [0.5, 0.6) is 11.5 Å². The zero-order valence-electron chi connectivity index (χ0n) is 32.9. The van der Waals surface area contributed by atoms with Gasteiger partial charge in [0.2, 0.25) is 11.8 Å². The number of primary amides is 2. The average molecular weight is 792 g/mol. The van der Waals surface area contributed by atoms with Gasteiger partial charge >= 0.3 is 0 Å². The molecule has 3 amide bonds. The summed E-state index contributed by atoms with van der Waals surface area (Å²) in [5.74, 6) is 4.12. The van der Waals surface area contributed by atoms with Crippen molar-refractivity contribution in [3.8, 4) is 11.5 Å². The lowest BCUT2D eigenvalue weighted by Gasteiger charge is -2.27. The second-order valence-corrected chi connectivity index (χ2v) is 11.7. The average Bonchev–Trinajstić information content (AvgIpc) is 3.59. The van der Waals surface area contributed by atoms with Crippen molar-refractivity contribution in [1.29, 1.82) is 0 Å². The number of nitrogens with one attached hydrogen (secondary N) is 2. The second kappa shape index (κ2) is 23.1. The number of aromatic nitrogens is 2. The molecule has 0 radical (unpaired) electrons. The molecule has 0 saturated heterocycles. The zero-order valence-corrected chi connectivity index (χ0v) is 32.9. The van der Waals surface area contributed by atoms with Crippen molar-refractivity contribution in [2.45, 2.75) is 34.2 Å². The van der Waals surface area contributed by atoms with E-state index in [1.807, 2.05) is 20.8 Å². The summed E-state index contributed by atoms with van der Waals surface area (Å²) in [6, 6.07) is 6.94. The van der Waals surface area contributed by atoms with E-state index in [0.29, 0.717) is 29.3 Å². The van der Waals surface area contributed by atoms with Crippen molar-refractivity contribution in [3.05, 3.63) is 99.2 Å². The Labute approximate surface area is 331 Å². The number of anilines is 2. The molecule has 12 N–H and O–H groups in total. The van der Waals surface area contributed by atoms with Gasteiger partial charge in [0.15, 0.2) is 11.4 Å². The highest BCUT2D eigenvalue weighted by Crippen LogP contribution is 2.39. The molecule has 0 unspecified atom stereocenters. The molecule has 0 aliphatic carbocycles. The molecular weight excluding hydrogens is 738 g/mol. The number of ether oxygens (including phenoxy) is 2. The Kier molecular flexibility index (Phi) is 18.7. The number of nitrogens with zero attached hydrogens (tertiary/aromatic N) is 6. The molecule has 0 atom stereocenters. The van der Waals surface area contributed by atoms with Crippen molar-refractivity contribution < 1.29 is 28.8 Å². The van der Waals surface area contributed by atoms with Gasteiger partial charge in [-0.3, -0.25) is 34.2 Å². The zero-order chi connectivity index (χ0) is 42.7. The first kappa shape index (κ1) is 46.2. The number of carbonyl (C=O) groups is 3. The van der Waals surface area contributed by atoms with Crippen LogP contribution in [0.15, 0.2) is 71.5 Å². The summed E-state index contributed by atoms with van der Waals surface area (Å²) in [5.41, 5.74) is 23.8. The van der Waals surface area contributed by atoms with Crippen LogP contribution >= 0.6 is 0 Å². The molecule has 57 heavy (non-hydrogen) atoms. The smallest absolute Gasteiger partial charge is 0.296 e. The van der Waals surface area contributed by atoms with Crippen LogP contribution in [-0.4, -0.2) is 90.7 Å². The van der Waals surface area contributed by atoms with E-state index in [1.54, 1.807) is 46.9 Å². The van der Waals surface area contributed by atoms with Crippen LogP contribution in [0.1, 0.15) is 57.7 Å². The topological polar surface area (TPSA) is 304 Å². The monoisotopic (exact) mass is 791 g/mol. The highest BCUT2D eigenvalue weighted by atomic mass is 16.6. The van der Waals surface area contributed by atoms with Gasteiger partial charge in [-0.25, -0.2) is 5.84 Å². The maximum absolute atomic E-state index is 13.3. The summed E-state index contributed by atoms with van der Waals surface area (Å²) in [4.78, 5) is 54.5. The number of rotatable bonds is 22. The van der Waals surface area contributed by atoms with Crippen LogP contribution in [-0.2, 0) is 6.54 Å². The summed E-state index contributed by atoms with van der Waals surface area (Å²) >= 11 is 0. The molecule has 0 bridgehead atoms. The molecule has 20 nitrogen and oxygen atoms in total. The van der Waals surface area contributed by atoms with Crippen LogP contribution < -0.4 is 53.8 Å². The molecule has 0 aliphatic heterocycles. The maximum atomic E-state index is 13.3. The van der Waals surface area contributed by atoms with E-state index in [0.717, 1.165) is 6.07 Å². The first-order valence-electron chi connectivity index (χ1n) is 17.8. The fourth-order valence-corrected chi connectivity index (χ4v) is 5.14. The van der Waals surface area contributed by atoms with Crippen molar-refractivity contribution in [2.75, 3.05) is 56.8 Å². The molecule has 308 valence electrons. The second-order valence-electron chi connectivity index (χ2n) is 11.7. The summed E-state index contributed by atoms with van der Waals surface area (Å²) in [6.07, 6.45) is 8.19. The van der Waals surface area contributed by atoms with Crippen molar-refractivity contribution in [2.24, 2.45) is 33.8 Å². The number of nitro groups is 1. The van der Waals surface area contributed by atoms with Gasteiger partial charge in [0.05, 0.1) is 36.6 Å². The van der Waals surface area contributed by atoms with Gasteiger partial charge in [0, 0.05) is 55.3 Å². The summed E-state index contributed by atoms with van der Waals surface area (Å²) in [5, 5.41) is 23.6. The fourth-order valence-electron chi connectivity index (χ4n) is 5.14. The lowest BCUT2D eigenvalue weighted by molar-refractivity contribution is -0.384. The Morgan fingerprint density at radius 2 is 1.67 bits per heavy atom. The molecule has 3 aromatic rings. The first-order valence-corrected chi connectivity index (χ1v) is 17.8. The van der Waals surface area contributed by atoms with Crippen LogP contribution in [0.4, 0.5) is 22.7 Å². The van der Waals surface area contributed by atoms with E-state index in [9.17, 15) is 24.5 Å². The normalized spacial score (nSPS) is 11.1. The minimum atomic E-state index is -0.882. The fraction of sp³-hybridized carbons (Fsp3) is 0.324. The van der Waals surface area contributed by atoms with E-state index in [-0.39, 0.29) is 79.4 Å². The Morgan fingerprint density at radius 3 is 2.26 bits per heavy atom. The molecule has 1 heterocycles. The van der Waals surface area contributed by atoms with Crippen LogP contribution in [0.25, 0.3) is 0 Å². The van der Waals surface area contributed by atoms with Gasteiger partial charge in [-0.15, -0.1) is 0 Å². The Balaban J connectivity index is 0.00000551. The molecule has 20 heteroatoms. The maximum Gasteiger partial charge on any atom is 0.296 e. The number of carbonyl (C=O) groups excluding carboxylic acids is 3. The molecule has 0 saturated carbocycles. The Bertz CT molecular complexity index is 1970. The van der Waals surface area contributed by atoms with Crippen molar-refractivity contribution in [1.82, 2.24) is 20.1 Å². The number of amides is 3. The number of nitro benzene ring substituents is 1. The molecule has 2 aromatic carbocycles. The van der Waals surface area contributed by atoms with Crippen LogP contribution in [0, 0.1) is 17.0 Å².